The number of H-pyrrole nitrogens is 1. The Balaban J connectivity index is 1.76. The van der Waals surface area contributed by atoms with Gasteiger partial charge in [-0.3, -0.25) is 14.9 Å². The predicted octanol–water partition coefficient (Wildman–Crippen LogP) is 1.42. The molecule has 2 heterocycles. The van der Waals surface area contributed by atoms with Crippen molar-refractivity contribution < 1.29 is 18.1 Å². The fourth-order valence-corrected chi connectivity index (χ4v) is 5.01. The summed E-state index contributed by atoms with van der Waals surface area (Å²) >= 11 is 0. The first-order chi connectivity index (χ1) is 13.3. The molecule has 1 aromatic carbocycles. The van der Waals surface area contributed by atoms with Crippen molar-refractivity contribution in [3.8, 4) is 0 Å². The standard InChI is InChI=1S/C17H23N5O5S/c1-3-20(4-2)28(26,27)21-9-7-19(8-10-21)17(23)15-12-18-16-6-5-13(22(24)25)11-14(15)16/h5-6,11-12,18H,3-4,7-10H2,1-2H3. The first kappa shape index (κ1) is 20.2. The van der Waals surface area contributed by atoms with Crippen LogP contribution in [0.3, 0.4) is 0 Å². The summed E-state index contributed by atoms with van der Waals surface area (Å²) in [7, 11) is -3.53. The second kappa shape index (κ2) is 7.86. The largest absolute Gasteiger partial charge is 0.360 e. The van der Waals surface area contributed by atoms with Crippen LogP contribution in [0, 0.1) is 10.1 Å². The van der Waals surface area contributed by atoms with E-state index in [1.807, 2.05) is 0 Å². The molecule has 0 radical (unpaired) electrons. The third-order valence-electron chi connectivity index (χ3n) is 4.99. The number of carbonyl (C=O) groups excluding carboxylic acids is 1. The first-order valence-corrected chi connectivity index (χ1v) is 10.5. The molecular weight excluding hydrogens is 386 g/mol. The number of fused-ring (bicyclic) bond motifs is 1. The molecule has 11 heteroatoms. The minimum atomic E-state index is -3.53. The molecule has 1 fully saturated rings. The molecule has 1 N–H and O–H groups in total. The van der Waals surface area contributed by atoms with Crippen molar-refractivity contribution in [3.63, 3.8) is 0 Å². The lowest BCUT2D eigenvalue weighted by atomic mass is 10.1. The highest BCUT2D eigenvalue weighted by Gasteiger charge is 2.32. The van der Waals surface area contributed by atoms with Gasteiger partial charge in [0.25, 0.3) is 21.8 Å². The van der Waals surface area contributed by atoms with Crippen LogP contribution in [0.1, 0.15) is 24.2 Å². The fourth-order valence-electron chi connectivity index (χ4n) is 3.40. The van der Waals surface area contributed by atoms with E-state index in [4.69, 9.17) is 0 Å². The summed E-state index contributed by atoms with van der Waals surface area (Å²) in [5.41, 5.74) is 0.895. The molecule has 28 heavy (non-hydrogen) atoms. The summed E-state index contributed by atoms with van der Waals surface area (Å²) in [5, 5.41) is 11.5. The second-order valence-corrected chi connectivity index (χ2v) is 8.40. The van der Waals surface area contributed by atoms with Gasteiger partial charge in [0.1, 0.15) is 0 Å². The highest BCUT2D eigenvalue weighted by atomic mass is 32.2. The van der Waals surface area contributed by atoms with Crippen molar-refractivity contribution in [1.82, 2.24) is 18.5 Å². The van der Waals surface area contributed by atoms with E-state index in [0.717, 1.165) is 0 Å². The van der Waals surface area contributed by atoms with Crippen molar-refractivity contribution in [2.75, 3.05) is 39.3 Å². The van der Waals surface area contributed by atoms with Crippen LogP contribution >= 0.6 is 0 Å². The van der Waals surface area contributed by atoms with Crippen LogP contribution in [0.25, 0.3) is 10.9 Å². The Kier molecular flexibility index (Phi) is 5.68. The van der Waals surface area contributed by atoms with Crippen LogP contribution in [0.15, 0.2) is 24.4 Å². The second-order valence-electron chi connectivity index (χ2n) is 6.47. The van der Waals surface area contributed by atoms with Gasteiger partial charge in [-0.1, -0.05) is 13.8 Å². The first-order valence-electron chi connectivity index (χ1n) is 9.09. The number of nitro benzene ring substituents is 1. The molecule has 3 rings (SSSR count). The molecule has 1 saturated heterocycles. The lowest BCUT2D eigenvalue weighted by Gasteiger charge is -2.36. The van der Waals surface area contributed by atoms with Crippen LogP contribution in [0.5, 0.6) is 0 Å². The Morgan fingerprint density at radius 3 is 2.43 bits per heavy atom. The molecule has 0 spiro atoms. The predicted molar refractivity (Wildman–Crippen MR) is 104 cm³/mol. The molecule has 1 aliphatic rings. The van der Waals surface area contributed by atoms with Crippen LogP contribution in [-0.2, 0) is 10.2 Å². The van der Waals surface area contributed by atoms with Gasteiger partial charge < -0.3 is 9.88 Å². The van der Waals surface area contributed by atoms with E-state index in [0.29, 0.717) is 29.6 Å². The zero-order valence-corrected chi connectivity index (χ0v) is 16.6. The summed E-state index contributed by atoms with van der Waals surface area (Å²) in [6, 6.07) is 4.32. The van der Waals surface area contributed by atoms with E-state index in [1.165, 1.54) is 26.9 Å². The minimum absolute atomic E-state index is 0.0868. The van der Waals surface area contributed by atoms with E-state index < -0.39 is 15.1 Å². The van der Waals surface area contributed by atoms with Gasteiger partial charge in [0, 0.05) is 68.5 Å². The lowest BCUT2D eigenvalue weighted by molar-refractivity contribution is -0.384. The molecule has 1 aliphatic heterocycles. The number of non-ortho nitro benzene ring substituents is 1. The number of piperazine rings is 1. The fraction of sp³-hybridized carbons (Fsp3) is 0.471. The van der Waals surface area contributed by atoms with Crippen LogP contribution in [-0.4, -0.2) is 77.0 Å². The minimum Gasteiger partial charge on any atom is -0.360 e. The van der Waals surface area contributed by atoms with Gasteiger partial charge in [-0.05, 0) is 6.07 Å². The Hall–Kier alpha value is -2.50. The van der Waals surface area contributed by atoms with E-state index in [2.05, 4.69) is 4.98 Å². The van der Waals surface area contributed by atoms with E-state index in [9.17, 15) is 23.3 Å². The van der Waals surface area contributed by atoms with E-state index in [1.54, 1.807) is 24.8 Å². The van der Waals surface area contributed by atoms with Gasteiger partial charge in [-0.25, -0.2) is 0 Å². The molecular formula is C17H23N5O5S. The molecule has 0 unspecified atom stereocenters. The quantitative estimate of drug-likeness (QED) is 0.571. The highest BCUT2D eigenvalue weighted by Crippen LogP contribution is 2.25. The number of carbonyl (C=O) groups is 1. The summed E-state index contributed by atoms with van der Waals surface area (Å²) in [4.78, 5) is 28.0. The van der Waals surface area contributed by atoms with Gasteiger partial charge in [-0.15, -0.1) is 0 Å². The number of rotatable bonds is 6. The molecule has 0 atom stereocenters. The number of nitrogens with zero attached hydrogens (tertiary/aromatic N) is 4. The van der Waals surface area contributed by atoms with Crippen molar-refractivity contribution in [2.24, 2.45) is 0 Å². The maximum atomic E-state index is 12.9. The normalized spacial score (nSPS) is 16.0. The van der Waals surface area contributed by atoms with Gasteiger partial charge >= 0.3 is 0 Å². The molecule has 1 aromatic heterocycles. The molecule has 10 nitrogen and oxygen atoms in total. The van der Waals surface area contributed by atoms with Gasteiger partial charge in [0.05, 0.1) is 10.5 Å². The van der Waals surface area contributed by atoms with Gasteiger partial charge in [0.2, 0.25) is 0 Å². The summed E-state index contributed by atoms with van der Waals surface area (Å²) in [6.45, 7) is 5.33. The Morgan fingerprint density at radius 1 is 1.21 bits per heavy atom. The van der Waals surface area contributed by atoms with Crippen molar-refractivity contribution >= 4 is 32.7 Å². The topological polar surface area (TPSA) is 120 Å². The highest BCUT2D eigenvalue weighted by molar-refractivity contribution is 7.86. The number of hydrogen-bond acceptors (Lipinski definition) is 5. The number of nitro groups is 1. The van der Waals surface area contributed by atoms with E-state index in [-0.39, 0.29) is 37.8 Å². The van der Waals surface area contributed by atoms with E-state index >= 15 is 0 Å². The van der Waals surface area contributed by atoms with Crippen molar-refractivity contribution in [2.45, 2.75) is 13.8 Å². The molecule has 0 saturated carbocycles. The number of amides is 1. The Bertz CT molecular complexity index is 991. The average Bonchev–Trinajstić information content (AvgIpc) is 3.11. The van der Waals surface area contributed by atoms with Crippen molar-refractivity contribution in [3.05, 3.63) is 40.1 Å². The number of aromatic amines is 1. The third-order valence-corrected chi connectivity index (χ3v) is 7.18. The Labute approximate surface area is 163 Å². The molecule has 0 aliphatic carbocycles. The zero-order valence-electron chi connectivity index (χ0n) is 15.8. The van der Waals surface area contributed by atoms with Crippen molar-refractivity contribution in [1.29, 1.82) is 0 Å². The van der Waals surface area contributed by atoms with Crippen LogP contribution in [0.2, 0.25) is 0 Å². The number of nitrogens with one attached hydrogen (secondary N) is 1. The van der Waals surface area contributed by atoms with Gasteiger partial charge in [-0.2, -0.15) is 17.0 Å². The summed E-state index contributed by atoms with van der Waals surface area (Å²) < 4.78 is 28.0. The maximum Gasteiger partial charge on any atom is 0.282 e. The molecule has 152 valence electrons. The molecule has 2 aromatic rings. The lowest BCUT2D eigenvalue weighted by Crippen LogP contribution is -2.54. The monoisotopic (exact) mass is 409 g/mol. The smallest absolute Gasteiger partial charge is 0.282 e. The van der Waals surface area contributed by atoms with Crippen LogP contribution in [0.4, 0.5) is 5.69 Å². The maximum absolute atomic E-state index is 12.9. The number of benzene rings is 1. The number of hydrogen-bond donors (Lipinski definition) is 1. The molecule has 1 amide bonds. The summed E-state index contributed by atoms with van der Waals surface area (Å²) in [6.07, 6.45) is 1.54. The molecule has 0 bridgehead atoms. The summed E-state index contributed by atoms with van der Waals surface area (Å²) in [5.74, 6) is -0.272. The SMILES string of the molecule is CCN(CC)S(=O)(=O)N1CCN(C(=O)c2c[nH]c3ccc([N+](=O)[O-])cc23)CC1. The number of aromatic nitrogens is 1. The average molecular weight is 409 g/mol. The van der Waals surface area contributed by atoms with Crippen LogP contribution < -0.4 is 0 Å². The Morgan fingerprint density at radius 2 is 1.86 bits per heavy atom. The zero-order chi connectivity index (χ0) is 20.5. The van der Waals surface area contributed by atoms with Gasteiger partial charge in [0.15, 0.2) is 0 Å². The third kappa shape index (κ3) is 3.60.